The summed E-state index contributed by atoms with van der Waals surface area (Å²) in [5.74, 6) is 0.662. The van der Waals surface area contributed by atoms with Crippen molar-refractivity contribution in [2.24, 2.45) is 13.0 Å². The Hall–Kier alpha value is -3.20. The zero-order valence-electron chi connectivity index (χ0n) is 14.7. The van der Waals surface area contributed by atoms with Crippen LogP contribution >= 0.6 is 0 Å². The fourth-order valence-corrected chi connectivity index (χ4v) is 3.22. The van der Waals surface area contributed by atoms with Crippen molar-refractivity contribution in [2.75, 3.05) is 5.32 Å². The molecule has 1 unspecified atom stereocenters. The number of nitrogens with one attached hydrogen (secondary N) is 1. The van der Waals surface area contributed by atoms with E-state index in [-0.39, 0.29) is 5.56 Å². The molecule has 1 aliphatic rings. The number of aromatic nitrogens is 3. The summed E-state index contributed by atoms with van der Waals surface area (Å²) < 4.78 is 1.55. The third kappa shape index (κ3) is 2.93. The Bertz CT molecular complexity index is 1090. The van der Waals surface area contributed by atoms with Crippen LogP contribution in [0.5, 0.6) is 0 Å². The van der Waals surface area contributed by atoms with Gasteiger partial charge in [-0.2, -0.15) is 5.26 Å². The van der Waals surface area contributed by atoms with Crippen LogP contribution in [0.2, 0.25) is 0 Å². The predicted octanol–water partition coefficient (Wildman–Crippen LogP) is 3.08. The molecule has 2 heterocycles. The molecule has 0 bridgehead atoms. The highest BCUT2D eigenvalue weighted by Crippen LogP contribution is 2.36. The number of rotatable bonds is 4. The average molecular weight is 345 g/mol. The Kier molecular flexibility index (Phi) is 3.92. The molecular formula is C20H19N5O. The van der Waals surface area contributed by atoms with Crippen LogP contribution in [0.4, 0.5) is 5.69 Å². The number of hydrogen-bond acceptors (Lipinski definition) is 5. The van der Waals surface area contributed by atoms with E-state index < -0.39 is 0 Å². The van der Waals surface area contributed by atoms with E-state index in [1.54, 1.807) is 29.9 Å². The molecule has 1 saturated carbocycles. The molecule has 1 aromatic carbocycles. The molecule has 3 aromatic rings. The fourth-order valence-electron chi connectivity index (χ4n) is 3.22. The zero-order valence-corrected chi connectivity index (χ0v) is 14.7. The predicted molar refractivity (Wildman–Crippen MR) is 101 cm³/mol. The molecular weight excluding hydrogens is 326 g/mol. The molecule has 0 radical (unpaired) electrons. The average Bonchev–Trinajstić information content (AvgIpc) is 3.49. The highest BCUT2D eigenvalue weighted by Gasteiger charge is 2.29. The summed E-state index contributed by atoms with van der Waals surface area (Å²) in [6.45, 7) is 2.14. The third-order valence-electron chi connectivity index (χ3n) is 4.99. The van der Waals surface area contributed by atoms with Crippen LogP contribution in [-0.2, 0) is 7.05 Å². The maximum atomic E-state index is 11.6. The van der Waals surface area contributed by atoms with Crippen molar-refractivity contribution in [2.45, 2.75) is 25.8 Å². The number of anilines is 1. The number of benzene rings is 1. The maximum absolute atomic E-state index is 11.6. The summed E-state index contributed by atoms with van der Waals surface area (Å²) in [6.07, 6.45) is 4.25. The Balaban J connectivity index is 1.80. The number of aryl methyl sites for hydroxylation is 1. The molecule has 1 N–H and O–H groups in total. The molecule has 0 saturated heterocycles. The topological polar surface area (TPSA) is 83.6 Å². The second-order valence-electron chi connectivity index (χ2n) is 6.90. The Morgan fingerprint density at radius 2 is 2.00 bits per heavy atom. The first-order valence-electron chi connectivity index (χ1n) is 8.71. The minimum absolute atomic E-state index is 0.0476. The van der Waals surface area contributed by atoms with Crippen LogP contribution in [0.15, 0.2) is 41.3 Å². The number of fused-ring (bicyclic) bond motifs is 1. The molecule has 6 heteroatoms. The van der Waals surface area contributed by atoms with Gasteiger partial charge in [-0.25, -0.2) is 0 Å². The van der Waals surface area contributed by atoms with E-state index in [0.717, 1.165) is 27.7 Å². The van der Waals surface area contributed by atoms with Crippen molar-refractivity contribution in [1.29, 1.82) is 5.26 Å². The monoisotopic (exact) mass is 345 g/mol. The molecule has 6 nitrogen and oxygen atoms in total. The summed E-state index contributed by atoms with van der Waals surface area (Å²) in [5.41, 5.74) is 3.63. The first-order chi connectivity index (χ1) is 12.6. The lowest BCUT2D eigenvalue weighted by Gasteiger charge is -2.17. The van der Waals surface area contributed by atoms with E-state index in [1.165, 1.54) is 12.8 Å². The van der Waals surface area contributed by atoms with Crippen molar-refractivity contribution < 1.29 is 0 Å². The van der Waals surface area contributed by atoms with Gasteiger partial charge in [0.05, 0.1) is 11.2 Å². The molecule has 1 atom stereocenters. The van der Waals surface area contributed by atoms with E-state index in [4.69, 9.17) is 0 Å². The van der Waals surface area contributed by atoms with Gasteiger partial charge in [0.2, 0.25) is 5.56 Å². The van der Waals surface area contributed by atoms with Crippen LogP contribution in [0.25, 0.3) is 22.0 Å². The molecule has 1 aliphatic carbocycles. The summed E-state index contributed by atoms with van der Waals surface area (Å²) >= 11 is 0. The first kappa shape index (κ1) is 16.3. The van der Waals surface area contributed by atoms with E-state index in [1.807, 2.05) is 18.2 Å². The Labute approximate surface area is 151 Å². The van der Waals surface area contributed by atoms with Crippen molar-refractivity contribution in [1.82, 2.24) is 14.8 Å². The van der Waals surface area contributed by atoms with Gasteiger partial charge in [0, 0.05) is 30.7 Å². The van der Waals surface area contributed by atoms with Crippen molar-refractivity contribution in [3.05, 3.63) is 52.6 Å². The minimum Gasteiger partial charge on any atom is -0.379 e. The molecule has 4 rings (SSSR count). The van der Waals surface area contributed by atoms with Gasteiger partial charge in [0.15, 0.2) is 5.69 Å². The quantitative estimate of drug-likeness (QED) is 0.785. The first-order valence-corrected chi connectivity index (χ1v) is 8.71. The van der Waals surface area contributed by atoms with Crippen molar-refractivity contribution >= 4 is 16.6 Å². The van der Waals surface area contributed by atoms with Gasteiger partial charge >= 0.3 is 0 Å². The van der Waals surface area contributed by atoms with Gasteiger partial charge in [0.25, 0.3) is 0 Å². The van der Waals surface area contributed by atoms with Gasteiger partial charge in [-0.1, -0.05) is 6.07 Å². The number of nitrogens with zero attached hydrogens (tertiary/aromatic N) is 4. The van der Waals surface area contributed by atoms with E-state index >= 15 is 0 Å². The highest BCUT2D eigenvalue weighted by atomic mass is 16.1. The summed E-state index contributed by atoms with van der Waals surface area (Å²) in [6, 6.07) is 11.7. The third-order valence-corrected chi connectivity index (χ3v) is 4.99. The van der Waals surface area contributed by atoms with Gasteiger partial charge in [-0.05, 0) is 55.0 Å². The largest absolute Gasteiger partial charge is 0.379 e. The van der Waals surface area contributed by atoms with Gasteiger partial charge < -0.3 is 9.88 Å². The van der Waals surface area contributed by atoms with Gasteiger partial charge in [-0.15, -0.1) is 10.2 Å². The zero-order chi connectivity index (χ0) is 18.3. The van der Waals surface area contributed by atoms with Crippen LogP contribution in [-0.4, -0.2) is 20.8 Å². The second kappa shape index (κ2) is 6.26. The van der Waals surface area contributed by atoms with Gasteiger partial charge in [0.1, 0.15) is 6.07 Å². The summed E-state index contributed by atoms with van der Waals surface area (Å²) in [5, 5.41) is 22.1. The normalized spacial score (nSPS) is 14.8. The SMILES string of the molecule is CC(Nc1c(C#N)nnc2cc(-c3ccc(=O)n(C)c3)ccc12)C1CC1. The van der Waals surface area contributed by atoms with Crippen LogP contribution < -0.4 is 10.9 Å². The van der Waals surface area contributed by atoms with Gasteiger partial charge in [-0.3, -0.25) is 4.79 Å². The Morgan fingerprint density at radius 1 is 1.23 bits per heavy atom. The van der Waals surface area contributed by atoms with Crippen molar-refractivity contribution in [3.8, 4) is 17.2 Å². The molecule has 0 aliphatic heterocycles. The fraction of sp³-hybridized carbons (Fsp3) is 0.300. The minimum atomic E-state index is -0.0476. The molecule has 2 aromatic heterocycles. The van der Waals surface area contributed by atoms with Crippen LogP contribution in [0, 0.1) is 17.2 Å². The summed E-state index contributed by atoms with van der Waals surface area (Å²) in [7, 11) is 1.73. The molecule has 0 spiro atoms. The lowest BCUT2D eigenvalue weighted by atomic mass is 10.0. The van der Waals surface area contributed by atoms with Crippen LogP contribution in [0.3, 0.4) is 0 Å². The van der Waals surface area contributed by atoms with Crippen LogP contribution in [0.1, 0.15) is 25.5 Å². The molecule has 1 fully saturated rings. The van der Waals surface area contributed by atoms with E-state index in [2.05, 4.69) is 28.5 Å². The Morgan fingerprint density at radius 3 is 2.69 bits per heavy atom. The van der Waals surface area contributed by atoms with E-state index in [9.17, 15) is 10.1 Å². The standard InChI is InChI=1S/C20H19N5O/c1-12(13-3-4-13)22-20-16-7-5-14(9-17(16)23-24-18(20)10-21)15-6-8-19(26)25(2)11-15/h5-9,11-13H,3-4H2,1-2H3,(H,22,23). The number of hydrogen-bond donors (Lipinski definition) is 1. The number of nitriles is 1. The number of pyridine rings is 1. The lowest BCUT2D eigenvalue weighted by molar-refractivity contribution is 0.694. The van der Waals surface area contributed by atoms with Crippen molar-refractivity contribution in [3.63, 3.8) is 0 Å². The summed E-state index contributed by atoms with van der Waals surface area (Å²) in [4.78, 5) is 11.6. The second-order valence-corrected chi connectivity index (χ2v) is 6.90. The van der Waals surface area contributed by atoms with E-state index in [0.29, 0.717) is 17.7 Å². The smallest absolute Gasteiger partial charge is 0.250 e. The molecule has 26 heavy (non-hydrogen) atoms. The molecule has 130 valence electrons. The molecule has 0 amide bonds. The maximum Gasteiger partial charge on any atom is 0.250 e. The lowest BCUT2D eigenvalue weighted by Crippen LogP contribution is -2.19. The highest BCUT2D eigenvalue weighted by molar-refractivity contribution is 5.95.